The first-order valence-electron chi connectivity index (χ1n) is 9.77. The number of aromatic nitrogens is 2. The Hall–Kier alpha value is -4.19. The predicted molar refractivity (Wildman–Crippen MR) is 120 cm³/mol. The molecule has 3 aromatic carbocycles. The number of ketones is 1. The average molecular weight is 411 g/mol. The van der Waals surface area contributed by atoms with Gasteiger partial charge in [-0.1, -0.05) is 30.3 Å². The van der Waals surface area contributed by atoms with Gasteiger partial charge < -0.3 is 10.1 Å². The van der Waals surface area contributed by atoms with Gasteiger partial charge in [0.05, 0.1) is 18.4 Å². The van der Waals surface area contributed by atoms with E-state index in [4.69, 9.17) is 4.74 Å². The smallest absolute Gasteiger partial charge is 0.259 e. The van der Waals surface area contributed by atoms with Gasteiger partial charge in [-0.3, -0.25) is 9.59 Å². The van der Waals surface area contributed by atoms with Crippen LogP contribution in [0.15, 0.2) is 85.1 Å². The number of methoxy groups -OCH3 is 1. The number of nitrogens with zero attached hydrogens (tertiary/aromatic N) is 2. The van der Waals surface area contributed by atoms with Crippen molar-refractivity contribution in [2.75, 3.05) is 12.4 Å². The Morgan fingerprint density at radius 3 is 2.35 bits per heavy atom. The summed E-state index contributed by atoms with van der Waals surface area (Å²) in [6, 6.07) is 23.8. The second-order valence-corrected chi connectivity index (χ2v) is 6.99. The molecule has 154 valence electrons. The van der Waals surface area contributed by atoms with E-state index in [1.807, 2.05) is 54.6 Å². The quantitative estimate of drug-likeness (QED) is 0.453. The van der Waals surface area contributed by atoms with Crippen LogP contribution in [0.5, 0.6) is 5.75 Å². The lowest BCUT2D eigenvalue weighted by atomic mass is 10.1. The van der Waals surface area contributed by atoms with Gasteiger partial charge in [-0.2, -0.15) is 5.10 Å². The molecule has 0 aliphatic carbocycles. The van der Waals surface area contributed by atoms with Gasteiger partial charge >= 0.3 is 0 Å². The summed E-state index contributed by atoms with van der Waals surface area (Å²) in [6.45, 7) is 1.51. The highest BCUT2D eigenvalue weighted by Crippen LogP contribution is 2.27. The zero-order valence-corrected chi connectivity index (χ0v) is 17.2. The summed E-state index contributed by atoms with van der Waals surface area (Å²) in [6.07, 6.45) is 1.71. The Balaban J connectivity index is 1.73. The molecule has 6 nitrogen and oxygen atoms in total. The Bertz CT molecular complexity index is 1230. The topological polar surface area (TPSA) is 73.2 Å². The number of nitrogens with one attached hydrogen (secondary N) is 1. The first kappa shape index (κ1) is 20.1. The molecule has 1 aromatic heterocycles. The van der Waals surface area contributed by atoms with Crippen molar-refractivity contribution in [3.63, 3.8) is 0 Å². The van der Waals surface area contributed by atoms with E-state index in [9.17, 15) is 9.59 Å². The predicted octanol–water partition coefficient (Wildman–Crippen LogP) is 5.00. The molecule has 4 aromatic rings. The highest BCUT2D eigenvalue weighted by atomic mass is 16.5. The van der Waals surface area contributed by atoms with Crippen molar-refractivity contribution in [3.8, 4) is 22.7 Å². The second-order valence-electron chi connectivity index (χ2n) is 6.99. The molecule has 1 amide bonds. The summed E-state index contributed by atoms with van der Waals surface area (Å²) in [5.74, 6) is 0.357. The second kappa shape index (κ2) is 8.67. The molecular weight excluding hydrogens is 390 g/mol. The van der Waals surface area contributed by atoms with Crippen LogP contribution >= 0.6 is 0 Å². The van der Waals surface area contributed by atoms with E-state index in [0.717, 1.165) is 11.3 Å². The third kappa shape index (κ3) is 4.38. The van der Waals surface area contributed by atoms with Crippen molar-refractivity contribution in [3.05, 3.63) is 96.2 Å². The fraction of sp³-hybridized carbons (Fsp3) is 0.0800. The maximum absolute atomic E-state index is 13.2. The number of carbonyl (C=O) groups excluding carboxylic acids is 2. The lowest BCUT2D eigenvalue weighted by Gasteiger charge is -2.07. The van der Waals surface area contributed by atoms with Crippen molar-refractivity contribution in [2.24, 2.45) is 0 Å². The van der Waals surface area contributed by atoms with Gasteiger partial charge in [-0.15, -0.1) is 0 Å². The number of hydrogen-bond donors (Lipinski definition) is 1. The minimum atomic E-state index is -0.296. The van der Waals surface area contributed by atoms with E-state index >= 15 is 0 Å². The number of carbonyl (C=O) groups is 2. The molecule has 0 fully saturated rings. The van der Waals surface area contributed by atoms with E-state index in [2.05, 4.69) is 10.4 Å². The van der Waals surface area contributed by atoms with Crippen LogP contribution in [0, 0.1) is 0 Å². The fourth-order valence-corrected chi connectivity index (χ4v) is 3.22. The van der Waals surface area contributed by atoms with Crippen LogP contribution in [0.2, 0.25) is 0 Å². The summed E-state index contributed by atoms with van der Waals surface area (Å²) in [5, 5.41) is 7.57. The number of benzene rings is 3. The minimum Gasteiger partial charge on any atom is -0.497 e. The van der Waals surface area contributed by atoms with E-state index in [1.54, 1.807) is 42.3 Å². The van der Waals surface area contributed by atoms with E-state index in [-0.39, 0.29) is 11.7 Å². The van der Waals surface area contributed by atoms with Gasteiger partial charge in [0.1, 0.15) is 11.4 Å². The van der Waals surface area contributed by atoms with Crippen LogP contribution in [-0.2, 0) is 0 Å². The molecule has 0 unspecified atom stereocenters. The van der Waals surface area contributed by atoms with E-state index < -0.39 is 0 Å². The first-order chi connectivity index (χ1) is 15.0. The highest BCUT2D eigenvalue weighted by molar-refractivity contribution is 6.08. The summed E-state index contributed by atoms with van der Waals surface area (Å²) < 4.78 is 7.01. The molecule has 0 atom stereocenters. The number of para-hydroxylation sites is 1. The third-order valence-electron chi connectivity index (χ3n) is 4.87. The van der Waals surface area contributed by atoms with Crippen molar-refractivity contribution < 1.29 is 14.3 Å². The summed E-state index contributed by atoms with van der Waals surface area (Å²) in [7, 11) is 1.60. The molecule has 0 saturated carbocycles. The molecule has 0 saturated heterocycles. The van der Waals surface area contributed by atoms with Gasteiger partial charge in [-0.25, -0.2) is 4.68 Å². The molecular formula is C25H21N3O3. The molecule has 0 aliphatic rings. The molecule has 4 rings (SSSR count). The maximum Gasteiger partial charge on any atom is 0.259 e. The molecule has 0 aliphatic heterocycles. The Morgan fingerprint density at radius 2 is 1.68 bits per heavy atom. The molecule has 1 N–H and O–H groups in total. The van der Waals surface area contributed by atoms with Gasteiger partial charge in [-0.05, 0) is 55.5 Å². The monoisotopic (exact) mass is 411 g/mol. The van der Waals surface area contributed by atoms with Crippen molar-refractivity contribution in [1.82, 2.24) is 9.78 Å². The number of amides is 1. The molecule has 31 heavy (non-hydrogen) atoms. The number of anilines is 1. The normalized spacial score (nSPS) is 10.5. The average Bonchev–Trinajstić information content (AvgIpc) is 3.26. The molecule has 0 radical (unpaired) electrons. The van der Waals surface area contributed by atoms with Crippen LogP contribution in [-0.4, -0.2) is 28.6 Å². The Kier molecular flexibility index (Phi) is 5.62. The standard InChI is InChI=1S/C25H21N3O3/c1-17(29)18-11-13-20(14-12-18)26-25(30)23-16-28(21-8-4-3-5-9-21)27-24(23)19-7-6-10-22(15-19)31-2/h3-16H,1-2H3,(H,26,30). The Morgan fingerprint density at radius 1 is 0.935 bits per heavy atom. The molecule has 0 bridgehead atoms. The highest BCUT2D eigenvalue weighted by Gasteiger charge is 2.19. The van der Waals surface area contributed by atoms with Crippen LogP contribution < -0.4 is 10.1 Å². The van der Waals surface area contributed by atoms with E-state index in [1.165, 1.54) is 6.92 Å². The van der Waals surface area contributed by atoms with Gasteiger partial charge in [0.25, 0.3) is 5.91 Å². The molecule has 0 spiro atoms. The number of Topliss-reactive ketones (excluding diaryl/α,β-unsaturated/α-hetero) is 1. The lowest BCUT2D eigenvalue weighted by Crippen LogP contribution is -2.12. The minimum absolute atomic E-state index is 0.0256. The van der Waals surface area contributed by atoms with Gasteiger partial charge in [0, 0.05) is 23.0 Å². The number of hydrogen-bond acceptors (Lipinski definition) is 4. The third-order valence-corrected chi connectivity index (χ3v) is 4.87. The molecule has 1 heterocycles. The summed E-state index contributed by atoms with van der Waals surface area (Å²) in [5.41, 5.74) is 3.77. The summed E-state index contributed by atoms with van der Waals surface area (Å²) in [4.78, 5) is 24.6. The van der Waals surface area contributed by atoms with Crippen LogP contribution in [0.1, 0.15) is 27.6 Å². The van der Waals surface area contributed by atoms with Crippen LogP contribution in [0.4, 0.5) is 5.69 Å². The number of rotatable bonds is 6. The van der Waals surface area contributed by atoms with Crippen molar-refractivity contribution in [2.45, 2.75) is 6.92 Å². The number of ether oxygens (including phenoxy) is 1. The summed E-state index contributed by atoms with van der Waals surface area (Å²) >= 11 is 0. The molecule has 6 heteroatoms. The maximum atomic E-state index is 13.2. The fourth-order valence-electron chi connectivity index (χ4n) is 3.22. The zero-order valence-electron chi connectivity index (χ0n) is 17.2. The SMILES string of the molecule is COc1cccc(-c2nn(-c3ccccc3)cc2C(=O)Nc2ccc(C(C)=O)cc2)c1. The van der Waals surface area contributed by atoms with Crippen molar-refractivity contribution >= 4 is 17.4 Å². The van der Waals surface area contributed by atoms with Crippen LogP contribution in [0.3, 0.4) is 0 Å². The van der Waals surface area contributed by atoms with E-state index in [0.29, 0.717) is 28.3 Å². The van der Waals surface area contributed by atoms with Crippen molar-refractivity contribution in [1.29, 1.82) is 0 Å². The first-order valence-corrected chi connectivity index (χ1v) is 9.77. The van der Waals surface area contributed by atoms with Gasteiger partial charge in [0.15, 0.2) is 5.78 Å². The zero-order chi connectivity index (χ0) is 21.8. The lowest BCUT2D eigenvalue weighted by molar-refractivity contribution is 0.101. The van der Waals surface area contributed by atoms with Gasteiger partial charge in [0.2, 0.25) is 0 Å². The Labute approximate surface area is 180 Å². The largest absolute Gasteiger partial charge is 0.497 e. The van der Waals surface area contributed by atoms with Crippen LogP contribution in [0.25, 0.3) is 16.9 Å².